The first-order valence-corrected chi connectivity index (χ1v) is 14.6. The van der Waals surface area contributed by atoms with Crippen molar-refractivity contribution in [1.82, 2.24) is 0 Å². The van der Waals surface area contributed by atoms with Crippen LogP contribution in [0, 0.1) is 50.2 Å². The Bertz CT molecular complexity index is 996. The van der Waals surface area contributed by atoms with E-state index in [1.807, 2.05) is 6.92 Å². The minimum Gasteiger partial charge on any atom is -0.481 e. The van der Waals surface area contributed by atoms with Crippen LogP contribution in [0.1, 0.15) is 120 Å². The number of ether oxygens (including phenoxy) is 1. The summed E-state index contributed by atoms with van der Waals surface area (Å²) in [7, 11) is 0. The molecule has 0 amide bonds. The van der Waals surface area contributed by atoms with Crippen LogP contribution < -0.4 is 0 Å². The van der Waals surface area contributed by atoms with Crippen LogP contribution in [0.4, 0.5) is 0 Å². The molecule has 5 rings (SSSR count). The van der Waals surface area contributed by atoms with Crippen LogP contribution in [0.2, 0.25) is 0 Å². The molecule has 4 heteroatoms. The summed E-state index contributed by atoms with van der Waals surface area (Å²) in [6.45, 7) is 18.3. The van der Waals surface area contributed by atoms with E-state index < -0.39 is 17.5 Å². The summed E-state index contributed by atoms with van der Waals surface area (Å²) in [6, 6.07) is 0. The molecule has 202 valence electrons. The zero-order valence-corrected chi connectivity index (χ0v) is 24.1. The molecule has 1 unspecified atom stereocenters. The van der Waals surface area contributed by atoms with Crippen molar-refractivity contribution < 1.29 is 19.4 Å². The van der Waals surface area contributed by atoms with Crippen molar-refractivity contribution >= 4 is 11.9 Å². The van der Waals surface area contributed by atoms with Gasteiger partial charge in [0, 0.05) is 6.92 Å². The number of carboxylic acid groups (broad SMARTS) is 1. The molecule has 0 aromatic rings. The molecule has 0 heterocycles. The minimum absolute atomic E-state index is 0.0136. The van der Waals surface area contributed by atoms with Crippen LogP contribution in [-0.4, -0.2) is 23.1 Å². The summed E-state index contributed by atoms with van der Waals surface area (Å²) >= 11 is 0. The second-order valence-electron chi connectivity index (χ2n) is 15.6. The van der Waals surface area contributed by atoms with Gasteiger partial charge in [-0.25, -0.2) is 0 Å². The van der Waals surface area contributed by atoms with Crippen LogP contribution in [0.25, 0.3) is 0 Å². The van der Waals surface area contributed by atoms with Crippen molar-refractivity contribution in [2.75, 3.05) is 0 Å². The van der Waals surface area contributed by atoms with E-state index in [1.165, 1.54) is 39.0 Å². The van der Waals surface area contributed by atoms with Crippen LogP contribution in [0.3, 0.4) is 0 Å². The highest BCUT2D eigenvalue weighted by molar-refractivity contribution is 5.77. The first kappa shape index (κ1) is 26.3. The van der Waals surface area contributed by atoms with Crippen LogP contribution >= 0.6 is 0 Å². The summed E-state index contributed by atoms with van der Waals surface area (Å²) < 4.78 is 5.69. The zero-order valence-electron chi connectivity index (χ0n) is 24.1. The van der Waals surface area contributed by atoms with Gasteiger partial charge in [0.2, 0.25) is 0 Å². The van der Waals surface area contributed by atoms with Gasteiger partial charge in [-0.15, -0.1) is 0 Å². The van der Waals surface area contributed by atoms with Crippen molar-refractivity contribution in [2.24, 2.45) is 50.2 Å². The maximum Gasteiger partial charge on any atom is 0.313 e. The smallest absolute Gasteiger partial charge is 0.313 e. The first-order valence-electron chi connectivity index (χ1n) is 14.6. The number of aliphatic carboxylic acids is 1. The predicted octanol–water partition coefficient (Wildman–Crippen LogP) is 7.80. The number of hydrogen-bond acceptors (Lipinski definition) is 3. The van der Waals surface area contributed by atoms with Gasteiger partial charge in [-0.3, -0.25) is 9.59 Å². The van der Waals surface area contributed by atoms with E-state index in [1.54, 1.807) is 5.57 Å². The minimum atomic E-state index is -1.04. The number of carboxylic acids is 1. The third-order valence-corrected chi connectivity index (χ3v) is 13.4. The number of allylic oxidation sites excluding steroid dienone is 2. The summed E-state index contributed by atoms with van der Waals surface area (Å²) in [5, 5.41) is 10.5. The number of hydrogen-bond donors (Lipinski definition) is 1. The maximum absolute atomic E-state index is 12.8. The Kier molecular flexibility index (Phi) is 5.74. The third kappa shape index (κ3) is 3.30. The molecule has 0 saturated heterocycles. The van der Waals surface area contributed by atoms with Gasteiger partial charge >= 0.3 is 11.9 Å². The van der Waals surface area contributed by atoms with E-state index in [0.717, 1.165) is 25.7 Å². The molecule has 5 aliphatic rings. The summed E-state index contributed by atoms with van der Waals surface area (Å²) in [5.41, 5.74) is 1.81. The highest BCUT2D eigenvalue weighted by atomic mass is 16.5. The third-order valence-electron chi connectivity index (χ3n) is 13.4. The van der Waals surface area contributed by atoms with E-state index in [-0.39, 0.29) is 28.1 Å². The van der Waals surface area contributed by atoms with Gasteiger partial charge in [-0.1, -0.05) is 53.2 Å². The Morgan fingerprint density at radius 2 is 1.56 bits per heavy atom. The largest absolute Gasteiger partial charge is 0.481 e. The Morgan fingerprint density at radius 1 is 0.889 bits per heavy atom. The van der Waals surface area contributed by atoms with E-state index >= 15 is 0 Å². The van der Waals surface area contributed by atoms with Crippen LogP contribution in [0.15, 0.2) is 11.6 Å². The quantitative estimate of drug-likeness (QED) is 0.311. The Morgan fingerprint density at radius 3 is 2.19 bits per heavy atom. The molecular weight excluding hydrogens is 448 g/mol. The zero-order chi connectivity index (χ0) is 26.5. The van der Waals surface area contributed by atoms with Crippen LogP contribution in [-0.2, 0) is 14.3 Å². The topological polar surface area (TPSA) is 63.6 Å². The molecule has 5 aliphatic carbocycles. The molecule has 4 fully saturated rings. The number of esters is 1. The SMILES string of the molecule is CC(=O)O[C@@H]1CC[C@@]2(C)[C@@H](CCC3(C)[C@@H]2CC=C2[C@@H]4CC(C)(C)CC[C@]4(C)CC[C@]23C)[C@@]1(C)C(=O)O. The molecule has 4 nitrogen and oxygen atoms in total. The summed E-state index contributed by atoms with van der Waals surface area (Å²) in [6.07, 6.45) is 13.3. The molecule has 4 saturated carbocycles. The lowest BCUT2D eigenvalue weighted by Crippen LogP contribution is -2.66. The Hall–Kier alpha value is -1.32. The number of fused-ring (bicyclic) bond motifs is 7. The predicted molar refractivity (Wildman–Crippen MR) is 142 cm³/mol. The second-order valence-corrected chi connectivity index (χ2v) is 15.6. The van der Waals surface area contributed by atoms with Gasteiger partial charge < -0.3 is 9.84 Å². The fourth-order valence-electron chi connectivity index (χ4n) is 10.9. The summed E-state index contributed by atoms with van der Waals surface area (Å²) in [4.78, 5) is 24.8. The van der Waals surface area contributed by atoms with E-state index in [0.29, 0.717) is 29.1 Å². The van der Waals surface area contributed by atoms with Gasteiger partial charge in [-0.05, 0) is 116 Å². The number of rotatable bonds is 2. The summed E-state index contributed by atoms with van der Waals surface area (Å²) in [5.74, 6) is -0.0260. The molecule has 0 aliphatic heterocycles. The lowest BCUT2D eigenvalue weighted by atomic mass is 9.33. The highest BCUT2D eigenvalue weighted by Gasteiger charge is 2.70. The number of carbonyl (C=O) groups is 2. The molecule has 0 spiro atoms. The lowest BCUT2D eigenvalue weighted by molar-refractivity contribution is -0.222. The second kappa shape index (κ2) is 7.85. The molecule has 0 bridgehead atoms. The van der Waals surface area contributed by atoms with Crippen molar-refractivity contribution in [3.63, 3.8) is 0 Å². The molecular formula is C32H50O4. The average Bonchev–Trinajstić information content (AvgIpc) is 2.77. The number of carbonyl (C=O) groups excluding carboxylic acids is 1. The molecule has 0 radical (unpaired) electrons. The Labute approximate surface area is 219 Å². The maximum atomic E-state index is 12.8. The molecule has 0 aromatic heterocycles. The molecule has 36 heavy (non-hydrogen) atoms. The van der Waals surface area contributed by atoms with Crippen LogP contribution in [0.5, 0.6) is 0 Å². The van der Waals surface area contributed by atoms with Gasteiger partial charge in [0.15, 0.2) is 0 Å². The van der Waals surface area contributed by atoms with E-state index in [4.69, 9.17) is 4.74 Å². The van der Waals surface area contributed by atoms with Crippen molar-refractivity contribution in [3.8, 4) is 0 Å². The average molecular weight is 499 g/mol. The van der Waals surface area contributed by atoms with E-state index in [9.17, 15) is 14.7 Å². The molecule has 1 N–H and O–H groups in total. The van der Waals surface area contributed by atoms with Gasteiger partial charge in [0.25, 0.3) is 0 Å². The van der Waals surface area contributed by atoms with Gasteiger partial charge in [-0.2, -0.15) is 0 Å². The standard InChI is InChI=1S/C32H50O4/c1-20(33)36-25-12-13-29(5)23-10-9-21-22-19-27(2,3)15-16-28(22,4)17-18-30(21,6)31(23,7)14-11-24(29)32(25,8)26(34)35/h9,22-25H,10-19H2,1-8H3,(H,34,35)/t22-,23+,24+,25+,28+,29+,30+,31?,32+/m0/s1. The van der Waals surface area contributed by atoms with Crippen molar-refractivity contribution in [2.45, 2.75) is 126 Å². The first-order chi connectivity index (χ1) is 16.5. The van der Waals surface area contributed by atoms with Crippen molar-refractivity contribution in [1.29, 1.82) is 0 Å². The normalized spacial score (nSPS) is 51.5. The molecule has 0 aromatic carbocycles. The lowest BCUT2D eigenvalue weighted by Gasteiger charge is -2.71. The Balaban J connectivity index is 1.56. The fourth-order valence-corrected chi connectivity index (χ4v) is 10.9. The van der Waals surface area contributed by atoms with Crippen molar-refractivity contribution in [3.05, 3.63) is 11.6 Å². The van der Waals surface area contributed by atoms with E-state index in [2.05, 4.69) is 47.6 Å². The molecule has 9 atom stereocenters. The van der Waals surface area contributed by atoms with Gasteiger partial charge in [0.05, 0.1) is 0 Å². The fraction of sp³-hybridized carbons (Fsp3) is 0.875. The monoisotopic (exact) mass is 498 g/mol. The highest BCUT2D eigenvalue weighted by Crippen LogP contribution is 2.75. The van der Waals surface area contributed by atoms with Gasteiger partial charge in [0.1, 0.15) is 11.5 Å².